The number of nitrogens with one attached hydrogen (secondary N) is 1. The Labute approximate surface area is 149 Å². The molecule has 0 fully saturated rings. The van der Waals surface area contributed by atoms with Crippen LogP contribution < -0.4 is 11.1 Å². The maximum atomic E-state index is 12.8. The van der Waals surface area contributed by atoms with Crippen molar-refractivity contribution in [3.8, 4) is 0 Å². The highest BCUT2D eigenvalue weighted by Gasteiger charge is 2.21. The van der Waals surface area contributed by atoms with E-state index in [1.807, 2.05) is 0 Å². The van der Waals surface area contributed by atoms with Crippen LogP contribution in [0, 0.1) is 0 Å². The Bertz CT molecular complexity index is 925. The van der Waals surface area contributed by atoms with Crippen molar-refractivity contribution in [1.82, 2.24) is 4.98 Å². The van der Waals surface area contributed by atoms with Gasteiger partial charge in [0.25, 0.3) is 5.91 Å². The molecule has 0 spiro atoms. The van der Waals surface area contributed by atoms with Gasteiger partial charge in [-0.15, -0.1) is 0 Å². The van der Waals surface area contributed by atoms with E-state index in [9.17, 15) is 9.59 Å². The Kier molecular flexibility index (Phi) is 4.77. The normalized spacial score (nSPS) is 10.3. The predicted octanol–water partition coefficient (Wildman–Crippen LogP) is 3.80. The van der Waals surface area contributed by atoms with E-state index in [1.165, 1.54) is 12.4 Å². The summed E-state index contributed by atoms with van der Waals surface area (Å²) in [4.78, 5) is 29.3. The molecule has 0 unspecified atom stereocenters. The second-order valence-corrected chi connectivity index (χ2v) is 5.73. The molecule has 0 saturated heterocycles. The third-order valence-electron chi connectivity index (χ3n) is 3.61. The van der Waals surface area contributed by atoms with Gasteiger partial charge in [-0.3, -0.25) is 14.6 Å². The molecule has 124 valence electrons. The van der Waals surface area contributed by atoms with Gasteiger partial charge in [0, 0.05) is 34.4 Å². The van der Waals surface area contributed by atoms with E-state index in [0.29, 0.717) is 16.3 Å². The Morgan fingerprint density at radius 2 is 1.64 bits per heavy atom. The molecule has 1 amide bonds. The van der Waals surface area contributed by atoms with Crippen molar-refractivity contribution >= 4 is 34.7 Å². The molecule has 6 heteroatoms. The van der Waals surface area contributed by atoms with Crippen LogP contribution in [0.5, 0.6) is 0 Å². The van der Waals surface area contributed by atoms with Crippen molar-refractivity contribution in [3.05, 3.63) is 88.7 Å². The fourth-order valence-corrected chi connectivity index (χ4v) is 2.52. The van der Waals surface area contributed by atoms with E-state index in [4.69, 9.17) is 17.3 Å². The number of halogens is 1. The first-order chi connectivity index (χ1) is 12.1. The van der Waals surface area contributed by atoms with Gasteiger partial charge < -0.3 is 11.1 Å². The van der Waals surface area contributed by atoms with Crippen LogP contribution in [0.1, 0.15) is 26.3 Å². The lowest BCUT2D eigenvalue weighted by atomic mass is 9.96. The molecule has 0 atom stereocenters. The molecule has 1 aromatic heterocycles. The molecular weight excluding hydrogens is 338 g/mol. The quantitative estimate of drug-likeness (QED) is 0.553. The van der Waals surface area contributed by atoms with Gasteiger partial charge in [0.2, 0.25) is 0 Å². The largest absolute Gasteiger partial charge is 0.398 e. The number of ketones is 1. The number of carbonyl (C=O) groups excluding carboxylic acids is 2. The van der Waals surface area contributed by atoms with Crippen molar-refractivity contribution in [2.24, 2.45) is 0 Å². The molecule has 1 heterocycles. The molecule has 25 heavy (non-hydrogen) atoms. The number of carbonyl (C=O) groups is 2. The van der Waals surface area contributed by atoms with Crippen molar-refractivity contribution in [2.75, 3.05) is 11.1 Å². The minimum atomic E-state index is -0.424. The van der Waals surface area contributed by atoms with Crippen LogP contribution in [0.4, 0.5) is 11.4 Å². The topological polar surface area (TPSA) is 85.1 Å². The van der Waals surface area contributed by atoms with Gasteiger partial charge in [-0.05, 0) is 48.5 Å². The molecule has 0 aliphatic heterocycles. The third-order valence-corrected chi connectivity index (χ3v) is 3.86. The summed E-state index contributed by atoms with van der Waals surface area (Å²) < 4.78 is 0. The number of hydrogen-bond acceptors (Lipinski definition) is 4. The second kappa shape index (κ2) is 7.15. The summed E-state index contributed by atoms with van der Waals surface area (Å²) in [6.07, 6.45) is 3.03. The van der Waals surface area contributed by atoms with Gasteiger partial charge in [-0.2, -0.15) is 0 Å². The molecule has 2 aromatic carbocycles. The number of nitrogens with two attached hydrogens (primary N) is 1. The monoisotopic (exact) mass is 351 g/mol. The molecule has 0 aliphatic carbocycles. The van der Waals surface area contributed by atoms with E-state index in [1.54, 1.807) is 54.6 Å². The number of pyridine rings is 1. The highest BCUT2D eigenvalue weighted by Crippen LogP contribution is 2.23. The van der Waals surface area contributed by atoms with Gasteiger partial charge >= 0.3 is 0 Å². The van der Waals surface area contributed by atoms with Gasteiger partial charge in [-0.1, -0.05) is 17.7 Å². The summed E-state index contributed by atoms with van der Waals surface area (Å²) in [7, 11) is 0. The SMILES string of the molecule is Nc1cccc(C(=O)Nc2ccc(Cl)cc2)c1C(=O)c1ccncc1. The summed E-state index contributed by atoms with van der Waals surface area (Å²) >= 11 is 5.84. The van der Waals surface area contributed by atoms with Gasteiger partial charge in [-0.25, -0.2) is 0 Å². The van der Waals surface area contributed by atoms with Crippen LogP contribution in [-0.2, 0) is 0 Å². The highest BCUT2D eigenvalue weighted by molar-refractivity contribution is 6.30. The van der Waals surface area contributed by atoms with E-state index in [0.717, 1.165) is 0 Å². The molecule has 0 radical (unpaired) electrons. The summed E-state index contributed by atoms with van der Waals surface area (Å²) in [5, 5.41) is 3.31. The number of benzene rings is 2. The van der Waals surface area contributed by atoms with Crippen LogP contribution in [0.2, 0.25) is 5.02 Å². The lowest BCUT2D eigenvalue weighted by molar-refractivity contribution is 0.0997. The summed E-state index contributed by atoms with van der Waals surface area (Å²) in [5.74, 6) is -0.756. The minimum absolute atomic E-state index is 0.167. The van der Waals surface area contributed by atoms with Crippen LogP contribution in [0.3, 0.4) is 0 Å². The molecule has 3 rings (SSSR count). The van der Waals surface area contributed by atoms with Crippen molar-refractivity contribution in [2.45, 2.75) is 0 Å². The highest BCUT2D eigenvalue weighted by atomic mass is 35.5. The van der Waals surface area contributed by atoms with Crippen LogP contribution in [0.25, 0.3) is 0 Å². The third kappa shape index (κ3) is 3.67. The van der Waals surface area contributed by atoms with E-state index in [-0.39, 0.29) is 22.6 Å². The first-order valence-corrected chi connectivity index (χ1v) is 7.84. The molecule has 3 aromatic rings. The Balaban J connectivity index is 1.96. The number of nitrogens with zero attached hydrogens (tertiary/aromatic N) is 1. The zero-order valence-corrected chi connectivity index (χ0v) is 13.8. The summed E-state index contributed by atoms with van der Waals surface area (Å²) in [6, 6.07) is 14.6. The summed E-state index contributed by atoms with van der Waals surface area (Å²) in [6.45, 7) is 0. The fraction of sp³-hybridized carbons (Fsp3) is 0. The van der Waals surface area contributed by atoms with E-state index < -0.39 is 5.91 Å². The summed E-state index contributed by atoms with van der Waals surface area (Å²) in [5.41, 5.74) is 7.57. The average molecular weight is 352 g/mol. The van der Waals surface area contributed by atoms with Gasteiger partial charge in [0.05, 0.1) is 11.1 Å². The number of anilines is 2. The van der Waals surface area contributed by atoms with Crippen molar-refractivity contribution in [1.29, 1.82) is 0 Å². The van der Waals surface area contributed by atoms with E-state index >= 15 is 0 Å². The molecule has 3 N–H and O–H groups in total. The van der Waals surface area contributed by atoms with Crippen LogP contribution in [-0.4, -0.2) is 16.7 Å². The van der Waals surface area contributed by atoms with Gasteiger partial charge in [0.1, 0.15) is 0 Å². The molecule has 0 aliphatic rings. The first kappa shape index (κ1) is 16.7. The van der Waals surface area contributed by atoms with Crippen LogP contribution >= 0.6 is 11.6 Å². The van der Waals surface area contributed by atoms with E-state index in [2.05, 4.69) is 10.3 Å². The standard InChI is InChI=1S/C19H14ClN3O2/c20-13-4-6-14(7-5-13)23-19(25)15-2-1-3-16(21)17(15)18(24)12-8-10-22-11-9-12/h1-11H,21H2,(H,23,25). The maximum Gasteiger partial charge on any atom is 0.256 e. The van der Waals surface area contributed by atoms with Crippen LogP contribution in [0.15, 0.2) is 67.0 Å². The Morgan fingerprint density at radius 1 is 0.960 bits per heavy atom. The minimum Gasteiger partial charge on any atom is -0.398 e. The molecule has 0 saturated carbocycles. The van der Waals surface area contributed by atoms with Crippen molar-refractivity contribution < 1.29 is 9.59 Å². The van der Waals surface area contributed by atoms with Crippen molar-refractivity contribution in [3.63, 3.8) is 0 Å². The second-order valence-electron chi connectivity index (χ2n) is 5.30. The number of aromatic nitrogens is 1. The molecular formula is C19H14ClN3O2. The number of nitrogen functional groups attached to an aromatic ring is 1. The Morgan fingerprint density at radius 3 is 2.32 bits per heavy atom. The molecule has 5 nitrogen and oxygen atoms in total. The smallest absolute Gasteiger partial charge is 0.256 e. The zero-order valence-electron chi connectivity index (χ0n) is 13.1. The number of hydrogen-bond donors (Lipinski definition) is 2. The molecule has 0 bridgehead atoms. The number of amides is 1. The van der Waals surface area contributed by atoms with Gasteiger partial charge in [0.15, 0.2) is 5.78 Å². The predicted molar refractivity (Wildman–Crippen MR) is 97.9 cm³/mol. The zero-order chi connectivity index (χ0) is 17.8. The Hall–Kier alpha value is -3.18. The first-order valence-electron chi connectivity index (χ1n) is 7.46. The lowest BCUT2D eigenvalue weighted by Crippen LogP contribution is -2.18. The average Bonchev–Trinajstić information content (AvgIpc) is 2.63. The fourth-order valence-electron chi connectivity index (χ4n) is 2.39. The lowest BCUT2D eigenvalue weighted by Gasteiger charge is -2.12. The maximum absolute atomic E-state index is 12.8. The number of rotatable bonds is 4.